The average molecular weight is 211 g/mol. The molecule has 2 rings (SSSR count). The molecule has 1 aromatic heterocycles. The van der Waals surface area contributed by atoms with E-state index in [4.69, 9.17) is 4.42 Å². The van der Waals surface area contributed by atoms with E-state index in [9.17, 15) is 5.11 Å². The van der Waals surface area contributed by atoms with Crippen LogP contribution in [-0.2, 0) is 6.54 Å². The van der Waals surface area contributed by atoms with Crippen molar-refractivity contribution < 1.29 is 9.52 Å². The highest BCUT2D eigenvalue weighted by Crippen LogP contribution is 2.18. The highest BCUT2D eigenvalue weighted by Gasteiger charge is 2.23. The zero-order valence-electron chi connectivity index (χ0n) is 9.02. The van der Waals surface area contributed by atoms with Crippen molar-refractivity contribution in [1.82, 2.24) is 15.1 Å². The fourth-order valence-corrected chi connectivity index (χ4v) is 2.05. The Hall–Kier alpha value is -0.940. The summed E-state index contributed by atoms with van der Waals surface area (Å²) < 4.78 is 5.33. The number of nitrogens with zero attached hydrogens (tertiary/aromatic N) is 3. The molecule has 0 saturated carbocycles. The van der Waals surface area contributed by atoms with Crippen LogP contribution in [0.5, 0.6) is 0 Å². The summed E-state index contributed by atoms with van der Waals surface area (Å²) in [4.78, 5) is 2.22. The summed E-state index contributed by atoms with van der Waals surface area (Å²) in [6.45, 7) is 3.67. The topological polar surface area (TPSA) is 62.4 Å². The minimum atomic E-state index is 0.215. The predicted octanol–water partition coefficient (Wildman–Crippen LogP) is 0.725. The molecule has 1 unspecified atom stereocenters. The monoisotopic (exact) mass is 211 g/mol. The van der Waals surface area contributed by atoms with Crippen LogP contribution in [0, 0.1) is 6.92 Å². The van der Waals surface area contributed by atoms with E-state index in [0.29, 0.717) is 18.3 Å². The molecule has 5 nitrogen and oxygen atoms in total. The van der Waals surface area contributed by atoms with Crippen LogP contribution in [0.1, 0.15) is 31.0 Å². The Morgan fingerprint density at radius 3 is 3.00 bits per heavy atom. The van der Waals surface area contributed by atoms with Gasteiger partial charge in [0.15, 0.2) is 0 Å². The summed E-state index contributed by atoms with van der Waals surface area (Å²) in [5.74, 6) is 1.25. The van der Waals surface area contributed by atoms with Gasteiger partial charge in [-0.05, 0) is 19.4 Å². The first kappa shape index (κ1) is 10.6. The molecule has 0 spiro atoms. The van der Waals surface area contributed by atoms with E-state index in [2.05, 4.69) is 15.1 Å². The lowest BCUT2D eigenvalue weighted by molar-refractivity contribution is 0.0765. The summed E-state index contributed by atoms with van der Waals surface area (Å²) in [5.41, 5.74) is 0. The van der Waals surface area contributed by atoms with E-state index in [1.807, 2.05) is 0 Å². The van der Waals surface area contributed by atoms with Gasteiger partial charge in [-0.15, -0.1) is 10.2 Å². The molecule has 0 aromatic carbocycles. The molecule has 1 atom stereocenters. The number of hydrogen-bond donors (Lipinski definition) is 1. The van der Waals surface area contributed by atoms with Crippen LogP contribution >= 0.6 is 0 Å². The zero-order valence-corrected chi connectivity index (χ0v) is 9.02. The molecule has 1 N–H and O–H groups in total. The Balaban J connectivity index is 1.97. The van der Waals surface area contributed by atoms with Gasteiger partial charge in [-0.2, -0.15) is 0 Å². The SMILES string of the molecule is Cc1nnc(CN2CCCCC2CO)o1. The quantitative estimate of drug-likeness (QED) is 0.798. The second-order valence-electron chi connectivity index (χ2n) is 4.02. The highest BCUT2D eigenvalue weighted by molar-refractivity contribution is 4.83. The lowest BCUT2D eigenvalue weighted by atomic mass is 10.0. The normalized spacial score (nSPS) is 23.2. The zero-order chi connectivity index (χ0) is 10.7. The maximum atomic E-state index is 9.24. The first-order valence-electron chi connectivity index (χ1n) is 5.43. The van der Waals surface area contributed by atoms with E-state index in [-0.39, 0.29) is 12.6 Å². The maximum absolute atomic E-state index is 9.24. The second kappa shape index (κ2) is 4.72. The molecule has 1 fully saturated rings. The van der Waals surface area contributed by atoms with Gasteiger partial charge in [-0.1, -0.05) is 6.42 Å². The lowest BCUT2D eigenvalue weighted by Gasteiger charge is -2.33. The Morgan fingerprint density at radius 2 is 2.33 bits per heavy atom. The van der Waals surface area contributed by atoms with Crippen molar-refractivity contribution in [2.45, 2.75) is 38.8 Å². The van der Waals surface area contributed by atoms with Crippen molar-refractivity contribution >= 4 is 0 Å². The molecule has 1 aromatic rings. The smallest absolute Gasteiger partial charge is 0.230 e. The van der Waals surface area contributed by atoms with Gasteiger partial charge in [0.2, 0.25) is 11.8 Å². The Kier molecular flexibility index (Phi) is 3.33. The molecule has 0 amide bonds. The molecule has 0 bridgehead atoms. The van der Waals surface area contributed by atoms with Gasteiger partial charge in [0.25, 0.3) is 0 Å². The summed E-state index contributed by atoms with van der Waals surface area (Å²) in [5, 5.41) is 17.0. The van der Waals surface area contributed by atoms with Crippen molar-refractivity contribution in [3.05, 3.63) is 11.8 Å². The molecule has 0 radical (unpaired) electrons. The molecule has 84 valence electrons. The number of rotatable bonds is 3. The Bertz CT molecular complexity index is 313. The van der Waals surface area contributed by atoms with E-state index < -0.39 is 0 Å². The third-order valence-electron chi connectivity index (χ3n) is 2.87. The predicted molar refractivity (Wildman–Crippen MR) is 54.2 cm³/mol. The van der Waals surface area contributed by atoms with Gasteiger partial charge >= 0.3 is 0 Å². The largest absolute Gasteiger partial charge is 0.424 e. The molecular weight excluding hydrogens is 194 g/mol. The van der Waals surface area contributed by atoms with Crippen LogP contribution in [0.15, 0.2) is 4.42 Å². The van der Waals surface area contributed by atoms with Crippen molar-refractivity contribution in [1.29, 1.82) is 0 Å². The standard InChI is InChI=1S/C10H17N3O2/c1-8-11-12-10(15-8)6-13-5-3-2-4-9(13)7-14/h9,14H,2-7H2,1H3. The fourth-order valence-electron chi connectivity index (χ4n) is 2.05. The molecule has 2 heterocycles. The summed E-state index contributed by atoms with van der Waals surface area (Å²) >= 11 is 0. The van der Waals surface area contributed by atoms with E-state index >= 15 is 0 Å². The van der Waals surface area contributed by atoms with Crippen LogP contribution in [0.25, 0.3) is 0 Å². The number of aryl methyl sites for hydroxylation is 1. The third kappa shape index (κ3) is 2.54. The first-order valence-corrected chi connectivity index (χ1v) is 5.43. The molecule has 1 aliphatic heterocycles. The number of aromatic nitrogens is 2. The Morgan fingerprint density at radius 1 is 1.47 bits per heavy atom. The van der Waals surface area contributed by atoms with Crippen molar-refractivity contribution in [3.8, 4) is 0 Å². The van der Waals surface area contributed by atoms with Crippen LogP contribution in [0.3, 0.4) is 0 Å². The summed E-state index contributed by atoms with van der Waals surface area (Å²) in [7, 11) is 0. The summed E-state index contributed by atoms with van der Waals surface area (Å²) in [6.07, 6.45) is 3.44. The van der Waals surface area contributed by atoms with Gasteiger partial charge in [0.05, 0.1) is 13.2 Å². The van der Waals surface area contributed by atoms with Crippen molar-refractivity contribution in [2.75, 3.05) is 13.2 Å². The Labute approximate surface area is 89.1 Å². The second-order valence-corrected chi connectivity index (χ2v) is 4.02. The molecular formula is C10H17N3O2. The summed E-state index contributed by atoms with van der Waals surface area (Å²) in [6, 6.07) is 0.256. The first-order chi connectivity index (χ1) is 7.29. The number of aliphatic hydroxyl groups is 1. The number of piperidine rings is 1. The third-order valence-corrected chi connectivity index (χ3v) is 2.87. The lowest BCUT2D eigenvalue weighted by Crippen LogP contribution is -2.41. The van der Waals surface area contributed by atoms with Crippen LogP contribution in [-0.4, -0.2) is 39.4 Å². The molecule has 5 heteroatoms. The average Bonchev–Trinajstić information content (AvgIpc) is 2.65. The van der Waals surface area contributed by atoms with Gasteiger partial charge in [0.1, 0.15) is 0 Å². The fraction of sp³-hybridized carbons (Fsp3) is 0.800. The highest BCUT2D eigenvalue weighted by atomic mass is 16.4. The van der Waals surface area contributed by atoms with Crippen LogP contribution in [0.2, 0.25) is 0 Å². The van der Waals surface area contributed by atoms with Crippen molar-refractivity contribution in [2.24, 2.45) is 0 Å². The number of aliphatic hydroxyl groups excluding tert-OH is 1. The molecule has 1 aliphatic rings. The van der Waals surface area contributed by atoms with Gasteiger partial charge < -0.3 is 9.52 Å². The van der Waals surface area contributed by atoms with E-state index in [0.717, 1.165) is 13.0 Å². The molecule has 1 saturated heterocycles. The maximum Gasteiger partial charge on any atom is 0.230 e. The van der Waals surface area contributed by atoms with Gasteiger partial charge in [0, 0.05) is 13.0 Å². The molecule has 0 aliphatic carbocycles. The van der Waals surface area contributed by atoms with Gasteiger partial charge in [-0.25, -0.2) is 0 Å². The molecule has 15 heavy (non-hydrogen) atoms. The van der Waals surface area contributed by atoms with Crippen LogP contribution in [0.4, 0.5) is 0 Å². The van der Waals surface area contributed by atoms with Crippen molar-refractivity contribution in [3.63, 3.8) is 0 Å². The minimum absolute atomic E-state index is 0.215. The van der Waals surface area contributed by atoms with E-state index in [1.165, 1.54) is 12.8 Å². The van der Waals surface area contributed by atoms with Gasteiger partial charge in [-0.3, -0.25) is 4.90 Å². The van der Waals surface area contributed by atoms with Crippen LogP contribution < -0.4 is 0 Å². The number of hydrogen-bond acceptors (Lipinski definition) is 5. The number of likely N-dealkylation sites (tertiary alicyclic amines) is 1. The minimum Gasteiger partial charge on any atom is -0.424 e. The van der Waals surface area contributed by atoms with E-state index in [1.54, 1.807) is 6.92 Å².